The summed E-state index contributed by atoms with van der Waals surface area (Å²) in [5.74, 6) is 0.816. The summed E-state index contributed by atoms with van der Waals surface area (Å²) in [4.78, 5) is 14.7. The number of amides is 1. The van der Waals surface area contributed by atoms with E-state index in [1.807, 2.05) is 18.2 Å². The summed E-state index contributed by atoms with van der Waals surface area (Å²) < 4.78 is 10.9. The van der Waals surface area contributed by atoms with Crippen LogP contribution >= 0.6 is 0 Å². The van der Waals surface area contributed by atoms with E-state index in [1.54, 1.807) is 13.2 Å². The fraction of sp³-hybridized carbons (Fsp3) is 0.500. The Balaban J connectivity index is 1.52. The molecule has 0 radical (unpaired) electrons. The van der Waals surface area contributed by atoms with Crippen LogP contribution in [0, 0.1) is 0 Å². The summed E-state index contributed by atoms with van der Waals surface area (Å²) in [6.45, 7) is 4.10. The zero-order chi connectivity index (χ0) is 16.1. The lowest BCUT2D eigenvalue weighted by molar-refractivity contribution is 0.0925. The van der Waals surface area contributed by atoms with E-state index in [0.29, 0.717) is 23.6 Å². The van der Waals surface area contributed by atoms with Crippen LogP contribution in [0.1, 0.15) is 36.2 Å². The number of carbonyl (C=O) groups is 1. The number of piperidine rings is 1. The molecule has 2 aromatic rings. The first-order valence-electron chi connectivity index (χ1n) is 8.35. The number of likely N-dealkylation sites (tertiary alicyclic amines) is 1. The van der Waals surface area contributed by atoms with Crippen LogP contribution < -0.4 is 10.1 Å². The molecule has 0 spiro atoms. The third kappa shape index (κ3) is 3.85. The van der Waals surface area contributed by atoms with Gasteiger partial charge in [0.25, 0.3) is 5.91 Å². The van der Waals surface area contributed by atoms with Gasteiger partial charge in [-0.3, -0.25) is 4.79 Å². The van der Waals surface area contributed by atoms with Gasteiger partial charge in [0.1, 0.15) is 0 Å². The molecule has 1 N–H and O–H groups in total. The molecule has 1 saturated heterocycles. The highest BCUT2D eigenvalue weighted by atomic mass is 16.5. The second-order valence-corrected chi connectivity index (χ2v) is 6.00. The average Bonchev–Trinajstić information content (AvgIpc) is 3.03. The molecule has 3 rings (SSSR count). The third-order valence-corrected chi connectivity index (χ3v) is 4.34. The Morgan fingerprint density at radius 1 is 1.30 bits per heavy atom. The molecule has 5 heteroatoms. The van der Waals surface area contributed by atoms with Crippen LogP contribution in [-0.4, -0.2) is 44.1 Å². The highest BCUT2D eigenvalue weighted by molar-refractivity contribution is 5.97. The molecule has 1 fully saturated rings. The van der Waals surface area contributed by atoms with Gasteiger partial charge in [-0.05, 0) is 51.0 Å². The van der Waals surface area contributed by atoms with Crippen molar-refractivity contribution < 1.29 is 13.9 Å². The quantitative estimate of drug-likeness (QED) is 0.832. The summed E-state index contributed by atoms with van der Waals surface area (Å²) in [5, 5.41) is 3.81. The predicted octanol–water partition coefficient (Wildman–Crippen LogP) is 3.05. The van der Waals surface area contributed by atoms with Crippen LogP contribution in [0.15, 0.2) is 28.7 Å². The van der Waals surface area contributed by atoms with Crippen LogP contribution in [0.5, 0.6) is 5.75 Å². The maximum atomic E-state index is 12.2. The number of para-hydroxylation sites is 1. The van der Waals surface area contributed by atoms with E-state index in [0.717, 1.165) is 18.4 Å². The van der Waals surface area contributed by atoms with E-state index >= 15 is 0 Å². The Kier molecular flexibility index (Phi) is 5.18. The van der Waals surface area contributed by atoms with E-state index < -0.39 is 0 Å². The van der Waals surface area contributed by atoms with Crippen LogP contribution in [0.4, 0.5) is 0 Å². The minimum absolute atomic E-state index is 0.165. The molecular weight excluding hydrogens is 292 g/mol. The normalized spacial score (nSPS) is 15.7. The van der Waals surface area contributed by atoms with E-state index in [9.17, 15) is 4.79 Å². The van der Waals surface area contributed by atoms with E-state index in [2.05, 4.69) is 10.2 Å². The van der Waals surface area contributed by atoms with Crippen molar-refractivity contribution >= 4 is 16.9 Å². The minimum Gasteiger partial charge on any atom is -0.493 e. The van der Waals surface area contributed by atoms with Gasteiger partial charge >= 0.3 is 0 Å². The van der Waals surface area contributed by atoms with Crippen molar-refractivity contribution in [1.82, 2.24) is 10.2 Å². The van der Waals surface area contributed by atoms with E-state index in [4.69, 9.17) is 9.15 Å². The van der Waals surface area contributed by atoms with Crippen molar-refractivity contribution in [3.63, 3.8) is 0 Å². The molecule has 0 aliphatic carbocycles. The summed E-state index contributed by atoms with van der Waals surface area (Å²) in [5.41, 5.74) is 0.619. The first-order chi connectivity index (χ1) is 11.3. The number of nitrogens with zero attached hydrogens (tertiary/aromatic N) is 1. The van der Waals surface area contributed by atoms with E-state index in [1.165, 1.54) is 32.4 Å². The molecule has 1 aromatic heterocycles. The van der Waals surface area contributed by atoms with Crippen LogP contribution in [0.2, 0.25) is 0 Å². The molecule has 0 saturated carbocycles. The molecule has 1 amide bonds. The second kappa shape index (κ2) is 7.51. The predicted molar refractivity (Wildman–Crippen MR) is 90.0 cm³/mol. The standard InChI is InChI=1S/C18H24N2O3/c1-22-15-8-5-7-14-13-16(23-17(14)15)18(21)19-9-6-12-20-10-3-2-4-11-20/h5,7-8,13H,2-4,6,9-12H2,1H3,(H,19,21). The fourth-order valence-electron chi connectivity index (χ4n) is 3.08. The highest BCUT2D eigenvalue weighted by Gasteiger charge is 2.15. The Bertz CT molecular complexity index is 659. The van der Waals surface area contributed by atoms with Crippen molar-refractivity contribution in [3.05, 3.63) is 30.0 Å². The Labute approximate surface area is 136 Å². The van der Waals surface area contributed by atoms with Crippen molar-refractivity contribution in [2.45, 2.75) is 25.7 Å². The van der Waals surface area contributed by atoms with Crippen LogP contribution in [0.3, 0.4) is 0 Å². The summed E-state index contributed by atoms with van der Waals surface area (Å²) in [7, 11) is 1.59. The SMILES string of the molecule is COc1cccc2cc(C(=O)NCCCN3CCCCC3)oc12. The van der Waals surface area contributed by atoms with Gasteiger partial charge in [0.15, 0.2) is 17.1 Å². The first kappa shape index (κ1) is 15.9. The monoisotopic (exact) mass is 316 g/mol. The lowest BCUT2D eigenvalue weighted by Gasteiger charge is -2.26. The van der Waals surface area contributed by atoms with Crippen LogP contribution in [0.25, 0.3) is 11.0 Å². The largest absolute Gasteiger partial charge is 0.493 e. The zero-order valence-electron chi connectivity index (χ0n) is 13.6. The van der Waals surface area contributed by atoms with Gasteiger partial charge < -0.3 is 19.4 Å². The van der Waals surface area contributed by atoms with Crippen molar-refractivity contribution in [3.8, 4) is 5.75 Å². The number of carbonyl (C=O) groups excluding carboxylic acids is 1. The summed E-state index contributed by atoms with van der Waals surface area (Å²) in [6.07, 6.45) is 4.92. The zero-order valence-corrected chi connectivity index (χ0v) is 13.6. The van der Waals surface area contributed by atoms with Gasteiger partial charge in [0.2, 0.25) is 0 Å². The van der Waals surface area contributed by atoms with Crippen molar-refractivity contribution in [1.29, 1.82) is 0 Å². The molecule has 0 unspecified atom stereocenters. The number of fused-ring (bicyclic) bond motifs is 1. The Morgan fingerprint density at radius 3 is 2.91 bits per heavy atom. The first-order valence-corrected chi connectivity index (χ1v) is 8.35. The number of nitrogens with one attached hydrogen (secondary N) is 1. The maximum Gasteiger partial charge on any atom is 0.287 e. The molecule has 5 nitrogen and oxygen atoms in total. The number of hydrogen-bond donors (Lipinski definition) is 1. The third-order valence-electron chi connectivity index (χ3n) is 4.34. The van der Waals surface area contributed by atoms with Gasteiger partial charge in [-0.1, -0.05) is 18.6 Å². The van der Waals surface area contributed by atoms with Gasteiger partial charge in [-0.2, -0.15) is 0 Å². The topological polar surface area (TPSA) is 54.7 Å². The number of ether oxygens (including phenoxy) is 1. The Morgan fingerprint density at radius 2 is 2.13 bits per heavy atom. The fourth-order valence-corrected chi connectivity index (χ4v) is 3.08. The molecule has 0 bridgehead atoms. The molecule has 1 aliphatic heterocycles. The second-order valence-electron chi connectivity index (χ2n) is 6.00. The number of methoxy groups -OCH3 is 1. The van der Waals surface area contributed by atoms with Crippen molar-refractivity contribution in [2.75, 3.05) is 33.3 Å². The Hall–Kier alpha value is -2.01. The minimum atomic E-state index is -0.165. The van der Waals surface area contributed by atoms with Gasteiger partial charge in [-0.25, -0.2) is 0 Å². The lowest BCUT2D eigenvalue weighted by atomic mass is 10.1. The molecule has 124 valence electrons. The number of rotatable bonds is 6. The van der Waals surface area contributed by atoms with Gasteiger partial charge in [-0.15, -0.1) is 0 Å². The molecular formula is C18H24N2O3. The molecule has 23 heavy (non-hydrogen) atoms. The lowest BCUT2D eigenvalue weighted by Crippen LogP contribution is -2.33. The van der Waals surface area contributed by atoms with E-state index in [-0.39, 0.29) is 5.91 Å². The smallest absolute Gasteiger partial charge is 0.287 e. The van der Waals surface area contributed by atoms with Gasteiger partial charge in [0.05, 0.1) is 7.11 Å². The van der Waals surface area contributed by atoms with Crippen molar-refractivity contribution in [2.24, 2.45) is 0 Å². The van der Waals surface area contributed by atoms with Gasteiger partial charge in [0, 0.05) is 11.9 Å². The summed E-state index contributed by atoms with van der Waals surface area (Å²) >= 11 is 0. The average molecular weight is 316 g/mol. The number of furan rings is 1. The molecule has 1 aromatic carbocycles. The maximum absolute atomic E-state index is 12.2. The molecule has 1 aliphatic rings. The molecule has 2 heterocycles. The molecule has 0 atom stereocenters. The highest BCUT2D eigenvalue weighted by Crippen LogP contribution is 2.28. The van der Waals surface area contributed by atoms with Crippen LogP contribution in [-0.2, 0) is 0 Å². The summed E-state index contributed by atoms with van der Waals surface area (Å²) in [6, 6.07) is 7.38. The number of hydrogen-bond acceptors (Lipinski definition) is 4. The number of benzene rings is 1.